The van der Waals surface area contributed by atoms with Gasteiger partial charge in [-0.3, -0.25) is 4.90 Å². The summed E-state index contributed by atoms with van der Waals surface area (Å²) >= 11 is 0. The lowest BCUT2D eigenvalue weighted by molar-refractivity contribution is -0.0649. The molecule has 0 bridgehead atoms. The molecule has 3 heteroatoms. The standard InChI is InChI=1S/C13H26N2O/c1-4-12-9-15(5-6-16-12)13-10(2)7-14-8-11(13)3/h10-14H,4-9H2,1-3H3. The van der Waals surface area contributed by atoms with Crippen LogP contribution in [0.2, 0.25) is 0 Å². The minimum Gasteiger partial charge on any atom is -0.376 e. The first kappa shape index (κ1) is 12.3. The van der Waals surface area contributed by atoms with Crippen LogP contribution in [0.25, 0.3) is 0 Å². The molecule has 3 atom stereocenters. The van der Waals surface area contributed by atoms with Gasteiger partial charge in [0.05, 0.1) is 12.7 Å². The van der Waals surface area contributed by atoms with Gasteiger partial charge in [0.1, 0.15) is 0 Å². The van der Waals surface area contributed by atoms with Gasteiger partial charge in [-0.25, -0.2) is 0 Å². The minimum absolute atomic E-state index is 0.461. The van der Waals surface area contributed by atoms with E-state index < -0.39 is 0 Å². The van der Waals surface area contributed by atoms with E-state index in [9.17, 15) is 0 Å². The van der Waals surface area contributed by atoms with E-state index in [0.717, 1.165) is 44.0 Å². The predicted molar refractivity (Wildman–Crippen MR) is 66.6 cm³/mol. The second kappa shape index (κ2) is 5.48. The highest BCUT2D eigenvalue weighted by Gasteiger charge is 2.34. The molecule has 0 aromatic carbocycles. The van der Waals surface area contributed by atoms with Crippen LogP contribution < -0.4 is 5.32 Å². The first-order chi connectivity index (χ1) is 7.72. The van der Waals surface area contributed by atoms with Gasteiger partial charge in [-0.2, -0.15) is 0 Å². The number of ether oxygens (including phenoxy) is 1. The van der Waals surface area contributed by atoms with Crippen molar-refractivity contribution in [2.75, 3.05) is 32.8 Å². The Bertz CT molecular complexity index is 212. The van der Waals surface area contributed by atoms with Crippen LogP contribution in [-0.4, -0.2) is 49.8 Å². The lowest BCUT2D eigenvalue weighted by atomic mass is 9.85. The van der Waals surface area contributed by atoms with Gasteiger partial charge in [0.15, 0.2) is 0 Å². The van der Waals surface area contributed by atoms with E-state index in [2.05, 4.69) is 31.0 Å². The highest BCUT2D eigenvalue weighted by molar-refractivity contribution is 4.89. The van der Waals surface area contributed by atoms with Crippen LogP contribution in [0.3, 0.4) is 0 Å². The molecule has 0 aromatic heterocycles. The zero-order valence-electron chi connectivity index (χ0n) is 10.9. The Labute approximate surface area is 99.5 Å². The van der Waals surface area contributed by atoms with Crippen LogP contribution in [0.1, 0.15) is 27.2 Å². The molecule has 94 valence electrons. The molecule has 0 aromatic rings. The van der Waals surface area contributed by atoms with Gasteiger partial charge in [-0.15, -0.1) is 0 Å². The summed E-state index contributed by atoms with van der Waals surface area (Å²) in [7, 11) is 0. The van der Waals surface area contributed by atoms with Crippen molar-refractivity contribution in [1.82, 2.24) is 10.2 Å². The molecular weight excluding hydrogens is 200 g/mol. The molecule has 0 saturated carbocycles. The highest BCUT2D eigenvalue weighted by atomic mass is 16.5. The Balaban J connectivity index is 1.98. The highest BCUT2D eigenvalue weighted by Crippen LogP contribution is 2.25. The van der Waals surface area contributed by atoms with Crippen molar-refractivity contribution in [3.05, 3.63) is 0 Å². The van der Waals surface area contributed by atoms with Crippen molar-refractivity contribution in [2.24, 2.45) is 11.8 Å². The topological polar surface area (TPSA) is 24.5 Å². The van der Waals surface area contributed by atoms with Gasteiger partial charge in [-0.1, -0.05) is 20.8 Å². The van der Waals surface area contributed by atoms with Crippen molar-refractivity contribution in [2.45, 2.75) is 39.3 Å². The van der Waals surface area contributed by atoms with Gasteiger partial charge in [-0.05, 0) is 31.3 Å². The average molecular weight is 226 g/mol. The maximum atomic E-state index is 5.76. The zero-order valence-corrected chi connectivity index (χ0v) is 10.9. The summed E-state index contributed by atoms with van der Waals surface area (Å²) in [5, 5.41) is 3.52. The first-order valence-electron chi connectivity index (χ1n) is 6.78. The van der Waals surface area contributed by atoms with Crippen LogP contribution >= 0.6 is 0 Å². The number of rotatable bonds is 2. The molecule has 3 unspecified atom stereocenters. The molecule has 2 aliphatic heterocycles. The molecule has 2 aliphatic rings. The van der Waals surface area contributed by atoms with E-state index >= 15 is 0 Å². The SMILES string of the molecule is CCC1CN(C2C(C)CNCC2C)CCO1. The summed E-state index contributed by atoms with van der Waals surface area (Å²) in [6.45, 7) is 12.5. The van der Waals surface area contributed by atoms with Gasteiger partial charge in [0.2, 0.25) is 0 Å². The third kappa shape index (κ3) is 2.58. The van der Waals surface area contributed by atoms with E-state index in [0.29, 0.717) is 6.10 Å². The minimum atomic E-state index is 0.461. The molecule has 1 N–H and O–H groups in total. The van der Waals surface area contributed by atoms with E-state index in [1.807, 2.05) is 0 Å². The molecule has 0 aliphatic carbocycles. The molecule has 3 nitrogen and oxygen atoms in total. The van der Waals surface area contributed by atoms with Crippen molar-refractivity contribution >= 4 is 0 Å². The van der Waals surface area contributed by atoms with E-state index in [-0.39, 0.29) is 0 Å². The molecule has 16 heavy (non-hydrogen) atoms. The summed E-state index contributed by atoms with van der Waals surface area (Å²) in [6.07, 6.45) is 1.60. The molecule has 0 spiro atoms. The largest absolute Gasteiger partial charge is 0.376 e. The van der Waals surface area contributed by atoms with Crippen molar-refractivity contribution in [1.29, 1.82) is 0 Å². The first-order valence-corrected chi connectivity index (χ1v) is 6.78. The molecule has 2 saturated heterocycles. The zero-order chi connectivity index (χ0) is 11.5. The van der Waals surface area contributed by atoms with Crippen LogP contribution in [0, 0.1) is 11.8 Å². The van der Waals surface area contributed by atoms with E-state index in [4.69, 9.17) is 4.74 Å². The number of nitrogens with zero attached hydrogens (tertiary/aromatic N) is 1. The molecule has 2 fully saturated rings. The van der Waals surface area contributed by atoms with E-state index in [1.165, 1.54) is 13.1 Å². The quantitative estimate of drug-likeness (QED) is 0.769. The summed E-state index contributed by atoms with van der Waals surface area (Å²) < 4.78 is 5.76. The second-order valence-electron chi connectivity index (χ2n) is 5.50. The molecular formula is C13H26N2O. The summed E-state index contributed by atoms with van der Waals surface area (Å²) in [5.41, 5.74) is 0. The van der Waals surface area contributed by atoms with Crippen LogP contribution in [0.5, 0.6) is 0 Å². The molecule has 2 heterocycles. The van der Waals surface area contributed by atoms with Crippen LogP contribution in [0.15, 0.2) is 0 Å². The van der Waals surface area contributed by atoms with Gasteiger partial charge in [0, 0.05) is 19.1 Å². The average Bonchev–Trinajstić information content (AvgIpc) is 2.29. The Kier molecular flexibility index (Phi) is 4.22. The van der Waals surface area contributed by atoms with Crippen molar-refractivity contribution < 1.29 is 4.74 Å². The Morgan fingerprint density at radius 2 is 1.94 bits per heavy atom. The fourth-order valence-corrected chi connectivity index (χ4v) is 3.32. The molecule has 0 amide bonds. The number of hydrogen-bond donors (Lipinski definition) is 1. The maximum Gasteiger partial charge on any atom is 0.0700 e. The smallest absolute Gasteiger partial charge is 0.0700 e. The summed E-state index contributed by atoms with van der Waals surface area (Å²) in [6, 6.07) is 0.749. The Morgan fingerprint density at radius 3 is 2.56 bits per heavy atom. The number of hydrogen-bond acceptors (Lipinski definition) is 3. The van der Waals surface area contributed by atoms with E-state index in [1.54, 1.807) is 0 Å². The normalized spacial score (nSPS) is 42.2. The maximum absolute atomic E-state index is 5.76. The predicted octanol–water partition coefficient (Wildman–Crippen LogP) is 1.34. The number of piperidine rings is 1. The third-order valence-electron chi connectivity index (χ3n) is 4.15. The van der Waals surface area contributed by atoms with Crippen molar-refractivity contribution in [3.8, 4) is 0 Å². The van der Waals surface area contributed by atoms with Crippen LogP contribution in [-0.2, 0) is 4.74 Å². The van der Waals surface area contributed by atoms with Gasteiger partial charge in [0.25, 0.3) is 0 Å². The third-order valence-corrected chi connectivity index (χ3v) is 4.15. The molecule has 0 radical (unpaired) electrons. The fourth-order valence-electron chi connectivity index (χ4n) is 3.32. The van der Waals surface area contributed by atoms with Gasteiger partial charge >= 0.3 is 0 Å². The Hall–Kier alpha value is -0.120. The fraction of sp³-hybridized carbons (Fsp3) is 1.00. The summed E-state index contributed by atoms with van der Waals surface area (Å²) in [5.74, 6) is 1.53. The molecule has 2 rings (SSSR count). The van der Waals surface area contributed by atoms with Crippen molar-refractivity contribution in [3.63, 3.8) is 0 Å². The second-order valence-corrected chi connectivity index (χ2v) is 5.50. The lowest BCUT2D eigenvalue weighted by Gasteiger charge is -2.46. The summed E-state index contributed by atoms with van der Waals surface area (Å²) in [4.78, 5) is 2.67. The monoisotopic (exact) mass is 226 g/mol. The number of nitrogens with one attached hydrogen (secondary N) is 1. The van der Waals surface area contributed by atoms with Gasteiger partial charge < -0.3 is 10.1 Å². The Morgan fingerprint density at radius 1 is 1.25 bits per heavy atom. The number of morpholine rings is 1. The lowest BCUT2D eigenvalue weighted by Crippen LogP contribution is -2.57. The van der Waals surface area contributed by atoms with Crippen LogP contribution in [0.4, 0.5) is 0 Å².